The van der Waals surface area contributed by atoms with E-state index in [0.29, 0.717) is 18.6 Å². The van der Waals surface area contributed by atoms with Crippen LogP contribution in [0.5, 0.6) is 5.75 Å². The molecule has 9 nitrogen and oxygen atoms in total. The second-order valence-electron chi connectivity index (χ2n) is 10.3. The number of piperidine rings is 1. The zero-order valence-corrected chi connectivity index (χ0v) is 21.5. The van der Waals surface area contributed by atoms with Crippen LogP contribution in [0.4, 0.5) is 11.5 Å². The van der Waals surface area contributed by atoms with Gasteiger partial charge in [0, 0.05) is 61.3 Å². The van der Waals surface area contributed by atoms with E-state index in [2.05, 4.69) is 32.9 Å². The van der Waals surface area contributed by atoms with Crippen molar-refractivity contribution in [2.75, 3.05) is 31.5 Å². The zero-order chi connectivity index (χ0) is 25.5. The van der Waals surface area contributed by atoms with Crippen molar-refractivity contribution < 1.29 is 9.53 Å². The molecule has 192 valence electrons. The van der Waals surface area contributed by atoms with Crippen LogP contribution in [0, 0.1) is 6.92 Å². The molecule has 37 heavy (non-hydrogen) atoms. The SMILES string of the molecule is C=CC(=O)N1CC[C@H](N2CCC(c3cc4c(c(C)n3)OCc3c(-c5cnn(C)c5)ccnc3N4)CC2)C1. The van der Waals surface area contributed by atoms with E-state index in [0.717, 1.165) is 90.8 Å². The number of carbonyl (C=O) groups excluding carboxylic acids is 1. The van der Waals surface area contributed by atoms with E-state index in [1.165, 1.54) is 6.08 Å². The molecule has 0 radical (unpaired) electrons. The predicted octanol–water partition coefficient (Wildman–Crippen LogP) is 3.79. The van der Waals surface area contributed by atoms with Crippen LogP contribution in [0.3, 0.4) is 0 Å². The van der Waals surface area contributed by atoms with Gasteiger partial charge in [-0.15, -0.1) is 0 Å². The number of amides is 1. The average Bonchev–Trinajstić information content (AvgIpc) is 3.53. The molecule has 9 heteroatoms. The minimum absolute atomic E-state index is 0.0420. The summed E-state index contributed by atoms with van der Waals surface area (Å²) in [5, 5.41) is 7.88. The highest BCUT2D eigenvalue weighted by Gasteiger charge is 2.33. The molecule has 3 aromatic rings. The van der Waals surface area contributed by atoms with Crippen molar-refractivity contribution in [1.29, 1.82) is 0 Å². The van der Waals surface area contributed by atoms with Crippen LogP contribution in [-0.2, 0) is 18.4 Å². The van der Waals surface area contributed by atoms with Crippen LogP contribution >= 0.6 is 0 Å². The number of aromatic nitrogens is 4. The lowest BCUT2D eigenvalue weighted by molar-refractivity contribution is -0.125. The van der Waals surface area contributed by atoms with E-state index >= 15 is 0 Å². The first-order valence-electron chi connectivity index (χ1n) is 13.0. The van der Waals surface area contributed by atoms with E-state index in [1.54, 1.807) is 4.68 Å². The number of pyridine rings is 2. The van der Waals surface area contributed by atoms with Gasteiger partial charge in [0.2, 0.25) is 5.91 Å². The highest BCUT2D eigenvalue weighted by molar-refractivity contribution is 5.87. The molecule has 3 aliphatic heterocycles. The molecule has 2 fully saturated rings. The van der Waals surface area contributed by atoms with Crippen LogP contribution < -0.4 is 10.1 Å². The Labute approximate surface area is 217 Å². The molecule has 1 atom stereocenters. The van der Waals surface area contributed by atoms with Crippen molar-refractivity contribution in [1.82, 2.24) is 29.5 Å². The fourth-order valence-electron chi connectivity index (χ4n) is 5.95. The summed E-state index contributed by atoms with van der Waals surface area (Å²) in [6.45, 7) is 9.74. The fraction of sp³-hybridized carbons (Fsp3) is 0.429. The van der Waals surface area contributed by atoms with Crippen molar-refractivity contribution >= 4 is 17.4 Å². The van der Waals surface area contributed by atoms with Crippen molar-refractivity contribution in [3.05, 3.63) is 60.3 Å². The van der Waals surface area contributed by atoms with Crippen LogP contribution in [0.25, 0.3) is 11.1 Å². The van der Waals surface area contributed by atoms with Gasteiger partial charge in [0.25, 0.3) is 0 Å². The summed E-state index contributed by atoms with van der Waals surface area (Å²) in [6, 6.07) is 4.60. The van der Waals surface area contributed by atoms with Gasteiger partial charge in [-0.1, -0.05) is 6.58 Å². The lowest BCUT2D eigenvalue weighted by Gasteiger charge is -2.36. The summed E-state index contributed by atoms with van der Waals surface area (Å²) < 4.78 is 8.10. The minimum atomic E-state index is 0.0420. The molecular formula is C28H33N7O2. The largest absolute Gasteiger partial charge is 0.485 e. The monoisotopic (exact) mass is 499 g/mol. The van der Waals surface area contributed by atoms with E-state index in [-0.39, 0.29) is 5.91 Å². The lowest BCUT2D eigenvalue weighted by atomic mass is 9.91. The number of aryl methyl sites for hydroxylation is 2. The first kappa shape index (κ1) is 23.7. The van der Waals surface area contributed by atoms with Crippen LogP contribution in [0.2, 0.25) is 0 Å². The lowest BCUT2D eigenvalue weighted by Crippen LogP contribution is -2.43. The molecule has 6 heterocycles. The zero-order valence-electron chi connectivity index (χ0n) is 21.5. The van der Waals surface area contributed by atoms with Gasteiger partial charge in [0.15, 0.2) is 5.75 Å². The summed E-state index contributed by atoms with van der Waals surface area (Å²) in [5.74, 6) is 2.03. The number of fused-ring (bicyclic) bond motifs is 2. The Balaban J connectivity index is 1.19. The molecule has 3 aliphatic rings. The minimum Gasteiger partial charge on any atom is -0.485 e. The van der Waals surface area contributed by atoms with Crippen LogP contribution in [0.1, 0.15) is 42.1 Å². The molecule has 1 N–H and O–H groups in total. The predicted molar refractivity (Wildman–Crippen MR) is 142 cm³/mol. The third-order valence-electron chi connectivity index (χ3n) is 7.96. The summed E-state index contributed by atoms with van der Waals surface area (Å²) >= 11 is 0. The average molecular weight is 500 g/mol. The second-order valence-corrected chi connectivity index (χ2v) is 10.3. The number of hydrogen-bond donors (Lipinski definition) is 1. The second kappa shape index (κ2) is 9.63. The number of rotatable bonds is 4. The molecule has 0 aromatic carbocycles. The molecular weight excluding hydrogens is 466 g/mol. The first-order valence-corrected chi connectivity index (χ1v) is 13.0. The van der Waals surface area contributed by atoms with E-state index in [4.69, 9.17) is 9.72 Å². The van der Waals surface area contributed by atoms with E-state index in [9.17, 15) is 4.79 Å². The van der Waals surface area contributed by atoms with Gasteiger partial charge < -0.3 is 15.0 Å². The Bertz CT molecular complexity index is 1340. The van der Waals surface area contributed by atoms with Crippen LogP contribution in [0.15, 0.2) is 43.4 Å². The Morgan fingerprint density at radius 1 is 1.24 bits per heavy atom. The van der Waals surface area contributed by atoms with E-state index in [1.807, 2.05) is 43.5 Å². The molecule has 6 rings (SSSR count). The smallest absolute Gasteiger partial charge is 0.246 e. The number of anilines is 2. The number of nitrogens with one attached hydrogen (secondary N) is 1. The molecule has 0 saturated carbocycles. The van der Waals surface area contributed by atoms with Gasteiger partial charge in [0.1, 0.15) is 12.4 Å². The van der Waals surface area contributed by atoms with Gasteiger partial charge >= 0.3 is 0 Å². The van der Waals surface area contributed by atoms with Crippen LogP contribution in [-0.4, -0.2) is 67.7 Å². The Kier molecular flexibility index (Phi) is 6.16. The number of likely N-dealkylation sites (tertiary alicyclic amines) is 2. The molecule has 0 spiro atoms. The molecule has 2 saturated heterocycles. The van der Waals surface area contributed by atoms with Crippen molar-refractivity contribution in [2.24, 2.45) is 7.05 Å². The topological polar surface area (TPSA) is 88.4 Å². The molecule has 1 amide bonds. The standard InChI is InChI=1S/C28H33N7O2/c1-4-26(36)35-12-8-21(16-35)34-10-6-19(7-11-34)24-13-25-27(18(2)31-24)37-17-23-22(5-9-29-28(23)32-25)20-14-30-33(3)15-20/h4-5,9,13-15,19,21H,1,6-8,10-12,16-17H2,2-3H3,(H,29,32)/t21-/m0/s1. The van der Waals surface area contributed by atoms with Crippen molar-refractivity contribution in [3.63, 3.8) is 0 Å². The summed E-state index contributed by atoms with van der Waals surface area (Å²) in [4.78, 5) is 26.1. The highest BCUT2D eigenvalue weighted by Crippen LogP contribution is 2.40. The number of carbonyl (C=O) groups is 1. The highest BCUT2D eigenvalue weighted by atomic mass is 16.5. The normalized spacial score (nSPS) is 19.9. The van der Waals surface area contributed by atoms with Crippen molar-refractivity contribution in [2.45, 2.75) is 44.8 Å². The van der Waals surface area contributed by atoms with Gasteiger partial charge in [-0.05, 0) is 63.0 Å². The number of hydrogen-bond acceptors (Lipinski definition) is 7. The fourth-order valence-corrected chi connectivity index (χ4v) is 5.95. The van der Waals surface area contributed by atoms with Crippen molar-refractivity contribution in [3.8, 4) is 16.9 Å². The summed E-state index contributed by atoms with van der Waals surface area (Å²) in [6.07, 6.45) is 10.3. The van der Waals surface area contributed by atoms with Gasteiger partial charge in [-0.2, -0.15) is 5.10 Å². The van der Waals surface area contributed by atoms with Gasteiger partial charge in [-0.3, -0.25) is 19.4 Å². The third kappa shape index (κ3) is 4.48. The van der Waals surface area contributed by atoms with E-state index < -0.39 is 0 Å². The number of nitrogens with zero attached hydrogens (tertiary/aromatic N) is 6. The molecule has 0 bridgehead atoms. The molecule has 3 aromatic heterocycles. The first-order chi connectivity index (χ1) is 18.0. The molecule has 0 unspecified atom stereocenters. The molecule has 0 aliphatic carbocycles. The quantitative estimate of drug-likeness (QED) is 0.547. The summed E-state index contributed by atoms with van der Waals surface area (Å²) in [7, 11) is 1.92. The third-order valence-corrected chi connectivity index (χ3v) is 7.96. The van der Waals surface area contributed by atoms with Gasteiger partial charge in [0.05, 0.1) is 17.6 Å². The summed E-state index contributed by atoms with van der Waals surface area (Å²) in [5.41, 5.74) is 6.05. The Morgan fingerprint density at radius 3 is 2.84 bits per heavy atom. The maximum atomic E-state index is 12.0. The maximum Gasteiger partial charge on any atom is 0.246 e. The maximum absolute atomic E-state index is 12.0. The number of ether oxygens (including phenoxy) is 1. The Hall–Kier alpha value is -3.72. The Morgan fingerprint density at radius 2 is 2.08 bits per heavy atom. The van der Waals surface area contributed by atoms with Gasteiger partial charge in [-0.25, -0.2) is 4.98 Å².